The van der Waals surface area contributed by atoms with Crippen molar-refractivity contribution in [3.8, 4) is 0 Å². The molecule has 15 heavy (non-hydrogen) atoms. The Morgan fingerprint density at radius 2 is 2.00 bits per heavy atom. The van der Waals surface area contributed by atoms with Gasteiger partial charge in [-0.25, -0.2) is 4.39 Å². The second-order valence-corrected chi connectivity index (χ2v) is 3.81. The lowest BCUT2D eigenvalue weighted by atomic mass is 10.0. The van der Waals surface area contributed by atoms with Crippen LogP contribution in [0.3, 0.4) is 0 Å². The molecule has 0 spiro atoms. The van der Waals surface area contributed by atoms with Gasteiger partial charge < -0.3 is 10.8 Å². The number of halogens is 1. The van der Waals surface area contributed by atoms with Crippen molar-refractivity contribution in [1.82, 2.24) is 0 Å². The van der Waals surface area contributed by atoms with Crippen LogP contribution in [0.1, 0.15) is 29.2 Å². The molecule has 80 valence electrons. The summed E-state index contributed by atoms with van der Waals surface area (Å²) in [5, 5.41) is 8.72. The van der Waals surface area contributed by atoms with Crippen LogP contribution in [0.15, 0.2) is 12.1 Å². The Labute approximate surface area is 86.7 Å². The van der Waals surface area contributed by atoms with Gasteiger partial charge in [0.15, 0.2) is 0 Å². The van der Waals surface area contributed by atoms with Gasteiger partial charge in [0.1, 0.15) is 11.9 Å². The smallest absolute Gasteiger partial charge is 0.325 e. The van der Waals surface area contributed by atoms with Gasteiger partial charge in [-0.1, -0.05) is 6.07 Å². The normalized spacial score (nSPS) is 16.1. The third-order valence-electron chi connectivity index (χ3n) is 2.81. The zero-order valence-electron chi connectivity index (χ0n) is 8.16. The van der Waals surface area contributed by atoms with Crippen molar-refractivity contribution >= 4 is 5.97 Å². The summed E-state index contributed by atoms with van der Waals surface area (Å²) in [6, 6.07) is 1.74. The minimum absolute atomic E-state index is 0.0863. The van der Waals surface area contributed by atoms with E-state index in [-0.39, 0.29) is 5.56 Å². The Hall–Kier alpha value is -1.42. The average molecular weight is 209 g/mol. The largest absolute Gasteiger partial charge is 0.480 e. The van der Waals surface area contributed by atoms with Gasteiger partial charge in [0.25, 0.3) is 0 Å². The summed E-state index contributed by atoms with van der Waals surface area (Å²) in [4.78, 5) is 10.7. The second-order valence-electron chi connectivity index (χ2n) is 3.81. The van der Waals surface area contributed by atoms with Gasteiger partial charge in [-0.15, -0.1) is 0 Å². The molecule has 0 fully saturated rings. The molecule has 0 amide bonds. The molecule has 3 nitrogen and oxygen atoms in total. The van der Waals surface area contributed by atoms with Crippen LogP contribution in [-0.2, 0) is 17.6 Å². The first kappa shape index (κ1) is 10.1. The fourth-order valence-corrected chi connectivity index (χ4v) is 1.98. The van der Waals surface area contributed by atoms with Crippen molar-refractivity contribution in [3.05, 3.63) is 34.6 Å². The van der Waals surface area contributed by atoms with E-state index in [1.807, 2.05) is 0 Å². The molecule has 1 atom stereocenters. The molecular weight excluding hydrogens is 197 g/mol. The maximum atomic E-state index is 13.5. The van der Waals surface area contributed by atoms with Crippen molar-refractivity contribution < 1.29 is 14.3 Å². The van der Waals surface area contributed by atoms with Gasteiger partial charge in [-0.3, -0.25) is 4.79 Å². The lowest BCUT2D eigenvalue weighted by molar-refractivity contribution is -0.138. The number of carbonyl (C=O) groups is 1. The molecule has 1 unspecified atom stereocenters. The SMILES string of the molecule is NC(C(=O)O)c1cc2c(cc1F)CCC2. The van der Waals surface area contributed by atoms with Crippen LogP contribution < -0.4 is 5.73 Å². The van der Waals surface area contributed by atoms with Gasteiger partial charge in [0.2, 0.25) is 0 Å². The molecule has 0 heterocycles. The second kappa shape index (κ2) is 3.62. The highest BCUT2D eigenvalue weighted by molar-refractivity contribution is 5.75. The number of carboxylic acid groups (broad SMARTS) is 1. The summed E-state index contributed by atoms with van der Waals surface area (Å²) in [7, 11) is 0. The summed E-state index contributed by atoms with van der Waals surface area (Å²) in [6.07, 6.45) is 2.75. The van der Waals surface area contributed by atoms with E-state index in [0.29, 0.717) is 0 Å². The Morgan fingerprint density at radius 3 is 2.60 bits per heavy atom. The fraction of sp³-hybridized carbons (Fsp3) is 0.364. The Morgan fingerprint density at radius 1 is 1.40 bits per heavy atom. The van der Waals surface area contributed by atoms with E-state index in [4.69, 9.17) is 10.8 Å². The van der Waals surface area contributed by atoms with Crippen LogP contribution in [0, 0.1) is 5.82 Å². The van der Waals surface area contributed by atoms with E-state index < -0.39 is 17.8 Å². The Kier molecular flexibility index (Phi) is 2.44. The molecule has 3 N–H and O–H groups in total. The topological polar surface area (TPSA) is 63.3 Å². The number of fused-ring (bicyclic) bond motifs is 1. The average Bonchev–Trinajstić information content (AvgIpc) is 2.62. The van der Waals surface area contributed by atoms with E-state index in [9.17, 15) is 9.18 Å². The number of rotatable bonds is 2. The highest BCUT2D eigenvalue weighted by atomic mass is 19.1. The quantitative estimate of drug-likeness (QED) is 0.773. The summed E-state index contributed by atoms with van der Waals surface area (Å²) < 4.78 is 13.5. The first-order valence-corrected chi connectivity index (χ1v) is 4.89. The van der Waals surface area contributed by atoms with E-state index in [0.717, 1.165) is 30.4 Å². The molecule has 1 aliphatic carbocycles. The number of aliphatic carboxylic acids is 1. The summed E-state index contributed by atoms with van der Waals surface area (Å²) in [5.74, 6) is -1.71. The van der Waals surface area contributed by atoms with Crippen molar-refractivity contribution in [3.63, 3.8) is 0 Å². The molecule has 2 rings (SSSR count). The highest BCUT2D eigenvalue weighted by Crippen LogP contribution is 2.27. The lowest BCUT2D eigenvalue weighted by Gasteiger charge is -2.10. The molecular formula is C11H12FNO2. The fourth-order valence-electron chi connectivity index (χ4n) is 1.98. The van der Waals surface area contributed by atoms with E-state index >= 15 is 0 Å². The first-order valence-electron chi connectivity index (χ1n) is 4.89. The van der Waals surface area contributed by atoms with Crippen LogP contribution in [0.25, 0.3) is 0 Å². The van der Waals surface area contributed by atoms with Crippen LogP contribution >= 0.6 is 0 Å². The minimum Gasteiger partial charge on any atom is -0.480 e. The summed E-state index contributed by atoms with van der Waals surface area (Å²) in [5.41, 5.74) is 7.49. The molecule has 1 aromatic rings. The van der Waals surface area contributed by atoms with E-state index in [1.165, 1.54) is 6.07 Å². The molecule has 1 aromatic carbocycles. The minimum atomic E-state index is -1.27. The number of nitrogens with two attached hydrogens (primary N) is 1. The van der Waals surface area contributed by atoms with Crippen molar-refractivity contribution in [2.75, 3.05) is 0 Å². The van der Waals surface area contributed by atoms with Gasteiger partial charge >= 0.3 is 5.97 Å². The predicted molar refractivity (Wildman–Crippen MR) is 53.0 cm³/mol. The number of hydrogen-bond donors (Lipinski definition) is 2. The molecule has 0 radical (unpaired) electrons. The summed E-state index contributed by atoms with van der Waals surface area (Å²) >= 11 is 0. The number of aryl methyl sites for hydroxylation is 2. The molecule has 0 saturated carbocycles. The zero-order chi connectivity index (χ0) is 11.0. The van der Waals surface area contributed by atoms with Gasteiger partial charge in [-0.2, -0.15) is 0 Å². The standard InChI is InChI=1S/C11H12FNO2/c12-9-5-7-3-1-2-6(7)4-8(9)10(13)11(14)15/h4-5,10H,1-3,13H2,(H,14,15). The third kappa shape index (κ3) is 1.72. The summed E-state index contributed by atoms with van der Waals surface area (Å²) in [6.45, 7) is 0. The third-order valence-corrected chi connectivity index (χ3v) is 2.81. The van der Waals surface area contributed by atoms with Crippen LogP contribution in [0.5, 0.6) is 0 Å². The van der Waals surface area contributed by atoms with Crippen molar-refractivity contribution in [2.45, 2.75) is 25.3 Å². The lowest BCUT2D eigenvalue weighted by Crippen LogP contribution is -2.22. The van der Waals surface area contributed by atoms with Crippen LogP contribution in [0.2, 0.25) is 0 Å². The molecule has 0 bridgehead atoms. The molecule has 4 heteroatoms. The molecule has 1 aliphatic rings. The van der Waals surface area contributed by atoms with Crippen LogP contribution in [0.4, 0.5) is 4.39 Å². The monoisotopic (exact) mass is 209 g/mol. The number of carboxylic acids is 1. The first-order chi connectivity index (χ1) is 7.09. The van der Waals surface area contributed by atoms with E-state index in [1.54, 1.807) is 6.07 Å². The van der Waals surface area contributed by atoms with Crippen LogP contribution in [-0.4, -0.2) is 11.1 Å². The van der Waals surface area contributed by atoms with Gasteiger partial charge in [0.05, 0.1) is 0 Å². The van der Waals surface area contributed by atoms with Crippen molar-refractivity contribution in [1.29, 1.82) is 0 Å². The predicted octanol–water partition coefficient (Wildman–Crippen LogP) is 1.40. The molecule has 0 aromatic heterocycles. The molecule has 0 aliphatic heterocycles. The zero-order valence-corrected chi connectivity index (χ0v) is 8.16. The van der Waals surface area contributed by atoms with Crippen molar-refractivity contribution in [2.24, 2.45) is 5.73 Å². The van der Waals surface area contributed by atoms with E-state index in [2.05, 4.69) is 0 Å². The maximum absolute atomic E-state index is 13.5. The Bertz CT molecular complexity index is 417. The molecule has 0 saturated heterocycles. The highest BCUT2D eigenvalue weighted by Gasteiger charge is 2.22. The number of hydrogen-bond acceptors (Lipinski definition) is 2. The van der Waals surface area contributed by atoms with Gasteiger partial charge in [-0.05, 0) is 36.5 Å². The number of benzene rings is 1. The Balaban J connectivity index is 2.44. The maximum Gasteiger partial charge on any atom is 0.325 e. The van der Waals surface area contributed by atoms with Gasteiger partial charge in [0, 0.05) is 5.56 Å².